The van der Waals surface area contributed by atoms with Crippen molar-refractivity contribution in [1.82, 2.24) is 10.2 Å². The van der Waals surface area contributed by atoms with Crippen LogP contribution in [0.3, 0.4) is 0 Å². The van der Waals surface area contributed by atoms with Crippen molar-refractivity contribution in [2.45, 2.75) is 64.3 Å². The van der Waals surface area contributed by atoms with E-state index in [4.69, 9.17) is 5.73 Å². The molecule has 21 heavy (non-hydrogen) atoms. The Morgan fingerprint density at radius 3 is 2.48 bits per heavy atom. The molecule has 0 aromatic carbocycles. The number of nitrogens with one attached hydrogen (secondary N) is 1. The lowest BCUT2D eigenvalue weighted by Gasteiger charge is -2.29. The normalized spacial score (nSPS) is 22.8. The van der Waals surface area contributed by atoms with E-state index in [0.717, 1.165) is 18.9 Å². The molecule has 124 valence electrons. The second-order valence-electron chi connectivity index (χ2n) is 6.62. The average molecular weight is 408 g/mol. The van der Waals surface area contributed by atoms with Gasteiger partial charge in [0.1, 0.15) is 0 Å². The number of aliphatic imine (C=N–C) groups is 1. The van der Waals surface area contributed by atoms with Crippen LogP contribution in [-0.4, -0.2) is 43.1 Å². The summed E-state index contributed by atoms with van der Waals surface area (Å²) in [5.41, 5.74) is 5.97. The van der Waals surface area contributed by atoms with Gasteiger partial charge in [-0.3, -0.25) is 4.99 Å². The van der Waals surface area contributed by atoms with Gasteiger partial charge in [0.15, 0.2) is 5.96 Å². The van der Waals surface area contributed by atoms with Crippen LogP contribution in [0.1, 0.15) is 58.3 Å². The number of hydrogen-bond acceptors (Lipinski definition) is 2. The Kier molecular flexibility index (Phi) is 9.64. The summed E-state index contributed by atoms with van der Waals surface area (Å²) in [6, 6.07) is 0.566. The molecule has 1 heterocycles. The first-order valence-corrected chi connectivity index (χ1v) is 8.53. The van der Waals surface area contributed by atoms with Gasteiger partial charge in [0.05, 0.1) is 0 Å². The summed E-state index contributed by atoms with van der Waals surface area (Å²) in [4.78, 5) is 7.04. The van der Waals surface area contributed by atoms with Gasteiger partial charge in [-0.1, -0.05) is 26.2 Å². The van der Waals surface area contributed by atoms with E-state index < -0.39 is 0 Å². The number of rotatable bonds is 5. The van der Waals surface area contributed by atoms with Crippen molar-refractivity contribution in [2.75, 3.05) is 26.2 Å². The van der Waals surface area contributed by atoms with Gasteiger partial charge in [-0.05, 0) is 57.7 Å². The van der Waals surface area contributed by atoms with Crippen molar-refractivity contribution in [3.63, 3.8) is 0 Å². The van der Waals surface area contributed by atoms with Crippen LogP contribution in [0.25, 0.3) is 0 Å². The quantitative estimate of drug-likeness (QED) is 0.318. The van der Waals surface area contributed by atoms with Crippen LogP contribution in [0, 0.1) is 5.92 Å². The Morgan fingerprint density at radius 1 is 1.14 bits per heavy atom. The second kappa shape index (κ2) is 10.6. The van der Waals surface area contributed by atoms with Crippen molar-refractivity contribution < 1.29 is 0 Å². The van der Waals surface area contributed by atoms with E-state index in [2.05, 4.69) is 22.1 Å². The number of nitrogens with two attached hydrogens (primary N) is 1. The molecule has 0 atom stereocenters. The summed E-state index contributed by atoms with van der Waals surface area (Å²) in [5, 5.41) is 3.38. The lowest BCUT2D eigenvalue weighted by Crippen LogP contribution is -2.41. The Balaban J connectivity index is 0.00000220. The highest BCUT2D eigenvalue weighted by atomic mass is 127. The summed E-state index contributed by atoms with van der Waals surface area (Å²) in [6.45, 7) is 6.92. The zero-order valence-corrected chi connectivity index (χ0v) is 15.9. The molecule has 0 amide bonds. The highest BCUT2D eigenvalue weighted by Gasteiger charge is 2.15. The van der Waals surface area contributed by atoms with Crippen LogP contribution in [0.4, 0.5) is 0 Å². The zero-order chi connectivity index (χ0) is 14.2. The van der Waals surface area contributed by atoms with Crippen LogP contribution >= 0.6 is 24.0 Å². The molecular weight excluding hydrogens is 375 g/mol. The third kappa shape index (κ3) is 7.68. The number of halogens is 1. The predicted octanol–water partition coefficient (Wildman–Crippen LogP) is 2.96. The molecule has 2 fully saturated rings. The van der Waals surface area contributed by atoms with Crippen LogP contribution in [0.5, 0.6) is 0 Å². The summed E-state index contributed by atoms with van der Waals surface area (Å²) >= 11 is 0. The maximum Gasteiger partial charge on any atom is 0.188 e. The maximum absolute atomic E-state index is 5.97. The Hall–Kier alpha value is -0.0400. The topological polar surface area (TPSA) is 53.6 Å². The molecule has 5 heteroatoms. The Bertz CT molecular complexity index is 295. The van der Waals surface area contributed by atoms with Gasteiger partial charge >= 0.3 is 0 Å². The van der Waals surface area contributed by atoms with Gasteiger partial charge in [0, 0.05) is 12.6 Å². The van der Waals surface area contributed by atoms with Gasteiger partial charge in [-0.25, -0.2) is 0 Å². The number of guanidine groups is 1. The molecule has 4 nitrogen and oxygen atoms in total. The highest BCUT2D eigenvalue weighted by molar-refractivity contribution is 14.0. The minimum absolute atomic E-state index is 0. The molecule has 0 aromatic heterocycles. The second-order valence-corrected chi connectivity index (χ2v) is 6.62. The molecule has 3 N–H and O–H groups in total. The lowest BCUT2D eigenvalue weighted by atomic mass is 9.96. The number of nitrogens with zero attached hydrogens (tertiary/aromatic N) is 2. The molecular formula is C16H33IN4. The summed E-state index contributed by atoms with van der Waals surface area (Å²) in [6.07, 6.45) is 10.4. The number of likely N-dealkylation sites (tertiary alicyclic amines) is 1. The van der Waals surface area contributed by atoms with Crippen LogP contribution < -0.4 is 11.1 Å². The van der Waals surface area contributed by atoms with Crippen molar-refractivity contribution in [1.29, 1.82) is 0 Å². The van der Waals surface area contributed by atoms with Crippen LogP contribution in [0.2, 0.25) is 0 Å². The first-order valence-electron chi connectivity index (χ1n) is 8.53. The van der Waals surface area contributed by atoms with Crippen LogP contribution in [0.15, 0.2) is 4.99 Å². The van der Waals surface area contributed by atoms with E-state index in [1.165, 1.54) is 64.6 Å². The van der Waals surface area contributed by atoms with Gasteiger partial charge in [0.25, 0.3) is 0 Å². The minimum Gasteiger partial charge on any atom is -0.370 e. The molecule has 2 aliphatic rings. The van der Waals surface area contributed by atoms with E-state index in [0.29, 0.717) is 12.0 Å². The third-order valence-corrected chi connectivity index (χ3v) is 4.75. The first kappa shape index (κ1) is 19.0. The average Bonchev–Trinajstić information content (AvgIpc) is 2.46. The van der Waals surface area contributed by atoms with E-state index in [1.807, 2.05) is 0 Å². The largest absolute Gasteiger partial charge is 0.370 e. The van der Waals surface area contributed by atoms with Gasteiger partial charge in [-0.15, -0.1) is 24.0 Å². The molecule has 0 spiro atoms. The van der Waals surface area contributed by atoms with Gasteiger partial charge in [-0.2, -0.15) is 0 Å². The Labute approximate surface area is 147 Å². The summed E-state index contributed by atoms with van der Waals surface area (Å²) < 4.78 is 0. The van der Waals surface area contributed by atoms with Crippen molar-refractivity contribution in [3.8, 4) is 0 Å². The molecule has 0 bridgehead atoms. The fourth-order valence-electron chi connectivity index (χ4n) is 3.28. The van der Waals surface area contributed by atoms with Crippen molar-refractivity contribution >= 4 is 29.9 Å². The standard InChI is InChI=1S/C16H32N4.HI/c1-14-8-12-20(13-9-14)11-5-10-18-16(17)19-15-6-3-2-4-7-15;/h14-15H,2-13H2,1H3,(H3,17,18,19);1H. The smallest absolute Gasteiger partial charge is 0.188 e. The van der Waals surface area contributed by atoms with Crippen LogP contribution in [-0.2, 0) is 0 Å². The highest BCUT2D eigenvalue weighted by Crippen LogP contribution is 2.17. The molecule has 1 aliphatic carbocycles. The van der Waals surface area contributed by atoms with E-state index >= 15 is 0 Å². The van der Waals surface area contributed by atoms with E-state index in [9.17, 15) is 0 Å². The summed E-state index contributed by atoms with van der Waals surface area (Å²) in [5.74, 6) is 1.57. The number of piperidine rings is 1. The molecule has 1 saturated heterocycles. The van der Waals surface area contributed by atoms with Crippen molar-refractivity contribution in [2.24, 2.45) is 16.6 Å². The third-order valence-electron chi connectivity index (χ3n) is 4.75. The number of hydrogen-bond donors (Lipinski definition) is 2. The molecule has 0 unspecified atom stereocenters. The lowest BCUT2D eigenvalue weighted by molar-refractivity contribution is 0.192. The maximum atomic E-state index is 5.97. The van der Waals surface area contributed by atoms with Gasteiger partial charge < -0.3 is 16.0 Å². The molecule has 0 aromatic rings. The predicted molar refractivity (Wildman–Crippen MR) is 101 cm³/mol. The molecule has 2 rings (SSSR count). The SMILES string of the molecule is CC1CCN(CCCN=C(N)NC2CCCCC2)CC1.I. The van der Waals surface area contributed by atoms with Gasteiger partial charge in [0.2, 0.25) is 0 Å². The van der Waals surface area contributed by atoms with E-state index in [1.54, 1.807) is 0 Å². The minimum atomic E-state index is 0. The monoisotopic (exact) mass is 408 g/mol. The molecule has 1 saturated carbocycles. The molecule has 1 aliphatic heterocycles. The fraction of sp³-hybridized carbons (Fsp3) is 0.938. The Morgan fingerprint density at radius 2 is 1.81 bits per heavy atom. The zero-order valence-electron chi connectivity index (χ0n) is 13.5. The van der Waals surface area contributed by atoms with Crippen molar-refractivity contribution in [3.05, 3.63) is 0 Å². The van der Waals surface area contributed by atoms with E-state index in [-0.39, 0.29) is 24.0 Å². The first-order chi connectivity index (χ1) is 9.74. The fourth-order valence-corrected chi connectivity index (χ4v) is 3.28. The molecule has 0 radical (unpaired) electrons. The summed E-state index contributed by atoms with van der Waals surface area (Å²) in [7, 11) is 0.